The first-order valence-corrected chi connectivity index (χ1v) is 12.4. The number of ether oxygens (including phenoxy) is 3. The first-order valence-electron chi connectivity index (χ1n) is 10.0. The smallest absolute Gasteiger partial charge is 0.271 e. The maximum absolute atomic E-state index is 12.3. The standard InChI is InChI=1S/C22H22N2O7S2/c25-17(13-29-18-7-8-19-20(11-18)31-14-30-19)12-23-21(26)10-15-3-5-16(6-4-15)24-33(27,28)22-2-1-9-32-22/h1-9,11,17,24-25H,10,12-14H2,(H,23,26). The molecule has 1 aliphatic rings. The Bertz CT molecular complexity index is 1200. The van der Waals surface area contributed by atoms with Gasteiger partial charge in [0, 0.05) is 18.3 Å². The summed E-state index contributed by atoms with van der Waals surface area (Å²) in [6.07, 6.45) is -0.804. The molecule has 0 saturated heterocycles. The number of thiophene rings is 1. The van der Waals surface area contributed by atoms with E-state index in [1.54, 1.807) is 53.9 Å². The van der Waals surface area contributed by atoms with E-state index in [1.807, 2.05) is 0 Å². The van der Waals surface area contributed by atoms with E-state index < -0.39 is 16.1 Å². The molecule has 33 heavy (non-hydrogen) atoms. The Balaban J connectivity index is 1.20. The second kappa shape index (κ2) is 10.1. The van der Waals surface area contributed by atoms with Crippen LogP contribution in [0.15, 0.2) is 64.2 Å². The number of anilines is 1. The largest absolute Gasteiger partial charge is 0.491 e. The average molecular weight is 491 g/mol. The molecule has 1 amide bonds. The number of nitrogens with one attached hydrogen (secondary N) is 2. The topological polar surface area (TPSA) is 123 Å². The normalized spacial score (nSPS) is 13.4. The molecule has 0 fully saturated rings. The lowest BCUT2D eigenvalue weighted by Gasteiger charge is -2.14. The Labute approximate surface area is 195 Å². The fourth-order valence-corrected chi connectivity index (χ4v) is 5.06. The van der Waals surface area contributed by atoms with E-state index in [1.165, 1.54) is 6.07 Å². The van der Waals surface area contributed by atoms with E-state index in [9.17, 15) is 18.3 Å². The maximum atomic E-state index is 12.3. The number of rotatable bonds is 10. The van der Waals surface area contributed by atoms with Crippen LogP contribution < -0.4 is 24.2 Å². The second-order valence-corrected chi connectivity index (χ2v) is 10.1. The van der Waals surface area contributed by atoms with Crippen molar-refractivity contribution in [1.29, 1.82) is 0 Å². The lowest BCUT2D eigenvalue weighted by Crippen LogP contribution is -2.36. The van der Waals surface area contributed by atoms with Crippen LogP contribution in [-0.4, -0.2) is 45.5 Å². The second-order valence-electron chi connectivity index (χ2n) is 7.20. The minimum Gasteiger partial charge on any atom is -0.491 e. The van der Waals surface area contributed by atoms with Gasteiger partial charge < -0.3 is 24.6 Å². The zero-order valence-electron chi connectivity index (χ0n) is 17.4. The molecule has 3 N–H and O–H groups in total. The summed E-state index contributed by atoms with van der Waals surface area (Å²) in [6, 6.07) is 14.9. The van der Waals surface area contributed by atoms with Crippen LogP contribution in [0.25, 0.3) is 0 Å². The molecule has 0 spiro atoms. The van der Waals surface area contributed by atoms with Crippen LogP contribution in [0.3, 0.4) is 0 Å². The monoisotopic (exact) mass is 490 g/mol. The van der Waals surface area contributed by atoms with Crippen molar-refractivity contribution in [2.24, 2.45) is 0 Å². The lowest BCUT2D eigenvalue weighted by molar-refractivity contribution is -0.121. The van der Waals surface area contributed by atoms with Gasteiger partial charge in [0.25, 0.3) is 10.0 Å². The molecule has 0 radical (unpaired) electrons. The predicted octanol–water partition coefficient (Wildman–Crippen LogP) is 2.38. The molecule has 1 unspecified atom stereocenters. The molecule has 0 aliphatic carbocycles. The van der Waals surface area contributed by atoms with Crippen molar-refractivity contribution in [1.82, 2.24) is 5.32 Å². The molecule has 1 aromatic heterocycles. The molecule has 3 aromatic rings. The Kier molecular flexibility index (Phi) is 7.02. The number of aliphatic hydroxyl groups is 1. The predicted molar refractivity (Wildman–Crippen MR) is 122 cm³/mol. The summed E-state index contributed by atoms with van der Waals surface area (Å²) in [7, 11) is -3.62. The third kappa shape index (κ3) is 6.15. The van der Waals surface area contributed by atoms with E-state index in [0.717, 1.165) is 11.3 Å². The third-order valence-electron chi connectivity index (χ3n) is 4.65. The van der Waals surface area contributed by atoms with E-state index >= 15 is 0 Å². The van der Waals surface area contributed by atoms with Gasteiger partial charge in [-0.1, -0.05) is 18.2 Å². The molecule has 2 aromatic carbocycles. The number of carbonyl (C=O) groups is 1. The number of fused-ring (bicyclic) bond motifs is 1. The summed E-state index contributed by atoms with van der Waals surface area (Å²) < 4.78 is 43.3. The highest BCUT2D eigenvalue weighted by Gasteiger charge is 2.16. The van der Waals surface area contributed by atoms with Gasteiger partial charge in [-0.3, -0.25) is 9.52 Å². The van der Waals surface area contributed by atoms with Crippen LogP contribution in [0, 0.1) is 0 Å². The molecule has 1 atom stereocenters. The first-order chi connectivity index (χ1) is 15.9. The van der Waals surface area contributed by atoms with E-state index in [-0.39, 0.29) is 36.5 Å². The van der Waals surface area contributed by atoms with Crippen LogP contribution in [-0.2, 0) is 21.2 Å². The van der Waals surface area contributed by atoms with Crippen LogP contribution >= 0.6 is 11.3 Å². The molecule has 4 rings (SSSR count). The van der Waals surface area contributed by atoms with Gasteiger partial charge in [-0.25, -0.2) is 8.42 Å². The van der Waals surface area contributed by atoms with Gasteiger partial charge in [0.2, 0.25) is 12.7 Å². The molecular weight excluding hydrogens is 468 g/mol. The van der Waals surface area contributed by atoms with Gasteiger partial charge in [0.1, 0.15) is 22.7 Å². The highest BCUT2D eigenvalue weighted by atomic mass is 32.2. The molecule has 0 saturated carbocycles. The van der Waals surface area contributed by atoms with E-state index in [0.29, 0.717) is 28.5 Å². The molecule has 9 nitrogen and oxygen atoms in total. The van der Waals surface area contributed by atoms with Crippen molar-refractivity contribution >= 4 is 33.0 Å². The molecule has 0 bridgehead atoms. The van der Waals surface area contributed by atoms with Crippen molar-refractivity contribution in [3.05, 3.63) is 65.5 Å². The summed E-state index contributed by atoms with van der Waals surface area (Å²) >= 11 is 1.13. The minimum atomic E-state index is -3.62. The van der Waals surface area contributed by atoms with Gasteiger partial charge in [-0.15, -0.1) is 11.3 Å². The van der Waals surface area contributed by atoms with Crippen LogP contribution in [0.5, 0.6) is 17.2 Å². The quantitative estimate of drug-likeness (QED) is 0.399. The fraction of sp³-hybridized carbons (Fsp3) is 0.227. The number of benzene rings is 2. The summed E-state index contributed by atoms with van der Waals surface area (Å²) in [4.78, 5) is 12.2. The van der Waals surface area contributed by atoms with Gasteiger partial charge in [0.15, 0.2) is 11.5 Å². The maximum Gasteiger partial charge on any atom is 0.271 e. The van der Waals surface area contributed by atoms with Crippen LogP contribution in [0.1, 0.15) is 5.56 Å². The molecular formula is C22H22N2O7S2. The number of aliphatic hydroxyl groups excluding tert-OH is 1. The summed E-state index contributed by atoms with van der Waals surface area (Å²) in [6.45, 7) is 0.196. The summed E-state index contributed by atoms with van der Waals surface area (Å²) in [5.41, 5.74) is 1.11. The van der Waals surface area contributed by atoms with E-state index in [2.05, 4.69) is 10.0 Å². The number of hydrogen-bond acceptors (Lipinski definition) is 8. The fourth-order valence-electron chi connectivity index (χ4n) is 3.01. The number of hydrogen-bond donors (Lipinski definition) is 3. The Hall–Kier alpha value is -3.28. The third-order valence-corrected chi connectivity index (χ3v) is 7.43. The summed E-state index contributed by atoms with van der Waals surface area (Å²) in [5, 5.41) is 14.4. The lowest BCUT2D eigenvalue weighted by atomic mass is 10.1. The minimum absolute atomic E-state index is 0.000988. The summed E-state index contributed by atoms with van der Waals surface area (Å²) in [5.74, 6) is 1.48. The van der Waals surface area contributed by atoms with Crippen LogP contribution in [0.4, 0.5) is 5.69 Å². The van der Waals surface area contributed by atoms with Crippen molar-refractivity contribution in [2.45, 2.75) is 16.7 Å². The van der Waals surface area contributed by atoms with Gasteiger partial charge in [0.05, 0.1) is 6.42 Å². The number of carbonyl (C=O) groups excluding carboxylic acids is 1. The van der Waals surface area contributed by atoms with Crippen molar-refractivity contribution < 1.29 is 32.5 Å². The Morgan fingerprint density at radius 2 is 1.91 bits per heavy atom. The van der Waals surface area contributed by atoms with Crippen molar-refractivity contribution in [2.75, 3.05) is 24.7 Å². The van der Waals surface area contributed by atoms with Crippen LogP contribution in [0.2, 0.25) is 0 Å². The van der Waals surface area contributed by atoms with Gasteiger partial charge >= 0.3 is 0 Å². The molecule has 1 aliphatic heterocycles. The SMILES string of the molecule is O=C(Cc1ccc(NS(=O)(=O)c2cccs2)cc1)NCC(O)COc1ccc2c(c1)OCO2. The van der Waals surface area contributed by atoms with Crippen molar-refractivity contribution in [3.8, 4) is 17.2 Å². The highest BCUT2D eigenvalue weighted by Crippen LogP contribution is 2.35. The molecule has 2 heterocycles. The van der Waals surface area contributed by atoms with Gasteiger partial charge in [-0.2, -0.15) is 0 Å². The Morgan fingerprint density at radius 3 is 2.67 bits per heavy atom. The molecule has 11 heteroatoms. The van der Waals surface area contributed by atoms with E-state index in [4.69, 9.17) is 14.2 Å². The first kappa shape index (κ1) is 22.9. The zero-order valence-corrected chi connectivity index (χ0v) is 19.0. The van der Waals surface area contributed by atoms with Gasteiger partial charge in [-0.05, 0) is 41.3 Å². The zero-order chi connectivity index (χ0) is 23.3. The number of amides is 1. The molecule has 174 valence electrons. The Morgan fingerprint density at radius 1 is 1.12 bits per heavy atom. The van der Waals surface area contributed by atoms with Crippen molar-refractivity contribution in [3.63, 3.8) is 0 Å². The number of sulfonamides is 1. The average Bonchev–Trinajstić information content (AvgIpc) is 3.49. The highest BCUT2D eigenvalue weighted by molar-refractivity contribution is 7.94.